The Labute approximate surface area is 196 Å². The largest absolute Gasteiger partial charge is 0.489 e. The average molecular weight is 467 g/mol. The molecule has 8 nitrogen and oxygen atoms in total. The zero-order chi connectivity index (χ0) is 23.5. The van der Waals surface area contributed by atoms with Gasteiger partial charge in [-0.3, -0.25) is 4.79 Å². The average Bonchev–Trinajstić information content (AvgIpc) is 3.25. The van der Waals surface area contributed by atoms with Crippen molar-refractivity contribution in [3.8, 4) is 11.6 Å². The molecule has 0 unspecified atom stereocenters. The van der Waals surface area contributed by atoms with Crippen LogP contribution >= 0.6 is 0 Å². The van der Waals surface area contributed by atoms with Crippen LogP contribution in [0.2, 0.25) is 0 Å². The molecule has 1 aromatic carbocycles. The quantitative estimate of drug-likeness (QED) is 0.552. The van der Waals surface area contributed by atoms with Crippen molar-refractivity contribution < 1.29 is 23.5 Å². The van der Waals surface area contributed by atoms with Crippen molar-refractivity contribution in [2.45, 2.75) is 25.4 Å². The van der Waals surface area contributed by atoms with Crippen molar-refractivity contribution >= 4 is 22.9 Å². The summed E-state index contributed by atoms with van der Waals surface area (Å²) in [5.74, 6) is 1.51. The van der Waals surface area contributed by atoms with E-state index in [2.05, 4.69) is 4.98 Å². The molecule has 34 heavy (non-hydrogen) atoms. The van der Waals surface area contributed by atoms with Crippen LogP contribution in [-0.2, 0) is 4.74 Å². The fourth-order valence-corrected chi connectivity index (χ4v) is 4.33. The van der Waals surface area contributed by atoms with Crippen LogP contribution in [0.15, 0.2) is 48.8 Å². The van der Waals surface area contributed by atoms with Crippen molar-refractivity contribution in [1.29, 1.82) is 0 Å². The van der Waals surface area contributed by atoms with Crippen LogP contribution in [0, 0.1) is 0 Å². The Morgan fingerprint density at radius 1 is 1.03 bits per heavy atom. The van der Waals surface area contributed by atoms with Gasteiger partial charge in [-0.05, 0) is 42.8 Å². The van der Waals surface area contributed by atoms with Gasteiger partial charge in [0.05, 0.1) is 11.7 Å². The number of aromatic nitrogens is 2. The highest BCUT2D eigenvalue weighted by atomic mass is 19.1. The molecule has 0 radical (unpaired) electrons. The van der Waals surface area contributed by atoms with Gasteiger partial charge in [-0.1, -0.05) is 0 Å². The maximum absolute atomic E-state index is 12.5. The maximum Gasteiger partial charge on any atom is 0.409 e. The van der Waals surface area contributed by atoms with Gasteiger partial charge in [-0.25, -0.2) is 14.2 Å². The minimum absolute atomic E-state index is 0.0207. The van der Waals surface area contributed by atoms with Gasteiger partial charge in [0.1, 0.15) is 31.0 Å². The molecule has 0 spiro atoms. The fourth-order valence-electron chi connectivity index (χ4n) is 4.33. The van der Waals surface area contributed by atoms with Crippen molar-refractivity contribution in [1.82, 2.24) is 19.4 Å². The Morgan fingerprint density at radius 2 is 1.85 bits per heavy atom. The summed E-state index contributed by atoms with van der Waals surface area (Å²) in [6, 6.07) is 11.5. The van der Waals surface area contributed by atoms with Crippen LogP contribution in [0.25, 0.3) is 16.7 Å². The van der Waals surface area contributed by atoms with Gasteiger partial charge in [0.15, 0.2) is 0 Å². The number of carbonyl (C=O) groups is 2. The second kappa shape index (κ2) is 9.70. The van der Waals surface area contributed by atoms with Crippen LogP contribution in [-0.4, -0.2) is 76.9 Å². The van der Waals surface area contributed by atoms with Gasteiger partial charge in [0, 0.05) is 56.2 Å². The van der Waals surface area contributed by atoms with Crippen molar-refractivity contribution in [2.75, 3.05) is 39.5 Å². The van der Waals surface area contributed by atoms with Crippen molar-refractivity contribution in [3.63, 3.8) is 0 Å². The summed E-state index contributed by atoms with van der Waals surface area (Å²) >= 11 is 0. The molecule has 2 aromatic heterocycles. The number of halogens is 1. The molecule has 0 N–H and O–H groups in total. The van der Waals surface area contributed by atoms with Gasteiger partial charge in [0.25, 0.3) is 5.91 Å². The molecule has 5 rings (SSSR count). The van der Waals surface area contributed by atoms with Gasteiger partial charge in [-0.2, -0.15) is 0 Å². The maximum atomic E-state index is 12.5. The molecule has 3 aromatic rings. The SMILES string of the molecule is O=C(OCCF)N1CCC(Oc2ccc(-n3ccc4cc(C(=O)N5CCC5)ccc43)nc2)CC1. The Hall–Kier alpha value is -3.62. The Bertz CT molecular complexity index is 1170. The number of hydrogen-bond acceptors (Lipinski definition) is 5. The summed E-state index contributed by atoms with van der Waals surface area (Å²) in [5, 5.41) is 0.991. The third-order valence-corrected chi connectivity index (χ3v) is 6.35. The summed E-state index contributed by atoms with van der Waals surface area (Å²) in [6.07, 6.45) is 5.57. The summed E-state index contributed by atoms with van der Waals surface area (Å²) in [5.41, 5.74) is 1.69. The molecule has 0 atom stereocenters. The highest BCUT2D eigenvalue weighted by molar-refractivity contribution is 5.98. The molecule has 0 saturated carbocycles. The Morgan fingerprint density at radius 3 is 2.53 bits per heavy atom. The minimum Gasteiger partial charge on any atom is -0.489 e. The van der Waals surface area contributed by atoms with Gasteiger partial charge in [-0.15, -0.1) is 0 Å². The standard InChI is InChI=1S/C25H27FN4O4/c26-9-15-33-25(32)29-12-7-20(8-13-29)34-21-3-5-23(27-17-21)30-14-6-18-16-19(2-4-22(18)30)24(31)28-10-1-11-28/h2-6,14,16-17,20H,1,7-13,15H2. The van der Waals surface area contributed by atoms with Crippen LogP contribution in [0.4, 0.5) is 9.18 Å². The lowest BCUT2D eigenvalue weighted by molar-refractivity contribution is 0.0640. The lowest BCUT2D eigenvalue weighted by atomic mass is 10.1. The number of piperidine rings is 1. The number of hydrogen-bond donors (Lipinski definition) is 0. The molecule has 0 aliphatic carbocycles. The van der Waals surface area contributed by atoms with E-state index in [1.165, 1.54) is 0 Å². The van der Waals surface area contributed by atoms with E-state index in [1.807, 2.05) is 52.1 Å². The molecule has 2 fully saturated rings. The number of alkyl halides is 1. The predicted molar refractivity (Wildman–Crippen MR) is 124 cm³/mol. The minimum atomic E-state index is -0.674. The van der Waals surface area contributed by atoms with Crippen LogP contribution in [0.3, 0.4) is 0 Å². The molecular formula is C25H27FN4O4. The zero-order valence-electron chi connectivity index (χ0n) is 18.9. The molecular weight excluding hydrogens is 439 g/mol. The second-order valence-electron chi connectivity index (χ2n) is 8.56. The number of carbonyl (C=O) groups excluding carboxylic acids is 2. The molecule has 2 amide bonds. The fraction of sp³-hybridized carbons (Fsp3) is 0.400. The number of nitrogens with zero attached hydrogens (tertiary/aromatic N) is 4. The first kappa shape index (κ1) is 22.2. The third-order valence-electron chi connectivity index (χ3n) is 6.35. The highest BCUT2D eigenvalue weighted by Crippen LogP contribution is 2.24. The number of likely N-dealkylation sites (tertiary alicyclic amines) is 2. The first-order valence-electron chi connectivity index (χ1n) is 11.6. The van der Waals surface area contributed by atoms with E-state index >= 15 is 0 Å². The first-order valence-corrected chi connectivity index (χ1v) is 11.6. The van der Waals surface area contributed by atoms with E-state index < -0.39 is 12.8 Å². The Balaban J connectivity index is 1.21. The topological polar surface area (TPSA) is 76.9 Å². The van der Waals surface area contributed by atoms with Gasteiger partial charge >= 0.3 is 6.09 Å². The van der Waals surface area contributed by atoms with Crippen LogP contribution < -0.4 is 4.74 Å². The van der Waals surface area contributed by atoms with E-state index in [0.29, 0.717) is 37.2 Å². The number of fused-ring (bicyclic) bond motifs is 1. The number of pyridine rings is 1. The van der Waals surface area contributed by atoms with Crippen LogP contribution in [0.1, 0.15) is 29.6 Å². The lowest BCUT2D eigenvalue weighted by Gasteiger charge is -2.31. The Kier molecular flexibility index (Phi) is 6.33. The zero-order valence-corrected chi connectivity index (χ0v) is 18.9. The van der Waals surface area contributed by atoms with E-state index in [9.17, 15) is 14.0 Å². The number of amides is 2. The van der Waals surface area contributed by atoms with E-state index in [1.54, 1.807) is 11.1 Å². The van der Waals surface area contributed by atoms with Gasteiger partial charge < -0.3 is 23.8 Å². The number of ether oxygens (including phenoxy) is 2. The summed E-state index contributed by atoms with van der Waals surface area (Å²) in [7, 11) is 0. The van der Waals surface area contributed by atoms with Gasteiger partial charge in [0.2, 0.25) is 0 Å². The molecule has 2 aliphatic heterocycles. The first-order chi connectivity index (χ1) is 16.6. The second-order valence-corrected chi connectivity index (χ2v) is 8.56. The van der Waals surface area contributed by atoms with Crippen LogP contribution in [0.5, 0.6) is 5.75 Å². The third kappa shape index (κ3) is 4.55. The number of benzene rings is 1. The normalized spacial score (nSPS) is 16.4. The van der Waals surface area contributed by atoms with Crippen molar-refractivity contribution in [2.24, 2.45) is 0 Å². The summed E-state index contributed by atoms with van der Waals surface area (Å²) in [6.45, 7) is 1.82. The highest BCUT2D eigenvalue weighted by Gasteiger charge is 2.25. The monoisotopic (exact) mass is 466 g/mol. The lowest BCUT2D eigenvalue weighted by Crippen LogP contribution is -2.42. The van der Waals surface area contributed by atoms with Crippen molar-refractivity contribution in [3.05, 3.63) is 54.4 Å². The smallest absolute Gasteiger partial charge is 0.409 e. The molecule has 178 valence electrons. The summed E-state index contributed by atoms with van der Waals surface area (Å²) in [4.78, 5) is 32.3. The van der Waals surface area contributed by atoms with E-state index in [0.717, 1.165) is 36.2 Å². The molecule has 2 saturated heterocycles. The summed E-state index contributed by atoms with van der Waals surface area (Å²) < 4.78 is 25.0. The van der Waals surface area contributed by atoms with E-state index in [-0.39, 0.29) is 18.6 Å². The predicted octanol–water partition coefficient (Wildman–Crippen LogP) is 3.82. The molecule has 2 aliphatic rings. The molecule has 0 bridgehead atoms. The number of rotatable bonds is 6. The molecule has 9 heteroatoms. The molecule has 4 heterocycles. The van der Waals surface area contributed by atoms with E-state index in [4.69, 9.17) is 9.47 Å².